The zero-order chi connectivity index (χ0) is 13.7. The molecule has 0 heterocycles. The molecule has 1 amide bonds. The summed E-state index contributed by atoms with van der Waals surface area (Å²) in [5.41, 5.74) is 5.35. The second-order valence-corrected chi connectivity index (χ2v) is 4.31. The van der Waals surface area contributed by atoms with E-state index in [0.717, 1.165) is 0 Å². The second-order valence-electron chi connectivity index (χ2n) is 3.79. The number of ether oxygens (including phenoxy) is 1. The Balaban J connectivity index is 2.80. The highest BCUT2D eigenvalue weighted by Crippen LogP contribution is 2.17. The van der Waals surface area contributed by atoms with Crippen LogP contribution in [-0.2, 0) is 0 Å². The number of carbonyl (C=O) groups excluding carboxylic acids is 1. The van der Waals surface area contributed by atoms with E-state index in [9.17, 15) is 9.18 Å². The molecule has 1 aromatic carbocycles. The lowest BCUT2D eigenvalue weighted by Gasteiger charge is -2.17. The normalized spacial score (nSPS) is 9.94. The van der Waals surface area contributed by atoms with Gasteiger partial charge in [0, 0.05) is 26.1 Å². The maximum Gasteiger partial charge on any atom is 0.256 e. The van der Waals surface area contributed by atoms with Gasteiger partial charge in [-0.15, -0.1) is 0 Å². The van der Waals surface area contributed by atoms with Gasteiger partial charge in [0.15, 0.2) is 0 Å². The van der Waals surface area contributed by atoms with E-state index >= 15 is 0 Å². The van der Waals surface area contributed by atoms with Crippen LogP contribution >= 0.6 is 12.2 Å². The molecule has 0 aliphatic heterocycles. The van der Waals surface area contributed by atoms with Gasteiger partial charge in [-0.2, -0.15) is 0 Å². The largest absolute Gasteiger partial charge is 0.497 e. The van der Waals surface area contributed by atoms with Crippen LogP contribution in [0.25, 0.3) is 0 Å². The van der Waals surface area contributed by atoms with Crippen LogP contribution < -0.4 is 10.5 Å². The first kappa shape index (κ1) is 14.4. The van der Waals surface area contributed by atoms with E-state index in [1.807, 2.05) is 0 Å². The molecule has 0 bridgehead atoms. The van der Waals surface area contributed by atoms with Gasteiger partial charge in [0.25, 0.3) is 5.91 Å². The average Bonchev–Trinajstić information content (AvgIpc) is 2.34. The molecule has 98 valence electrons. The molecule has 0 spiro atoms. The molecule has 0 saturated carbocycles. The number of benzene rings is 1. The average molecular weight is 270 g/mol. The second kappa shape index (κ2) is 6.30. The van der Waals surface area contributed by atoms with Crippen molar-refractivity contribution in [2.75, 3.05) is 20.7 Å². The molecule has 0 saturated heterocycles. The minimum atomic E-state index is -0.610. The van der Waals surface area contributed by atoms with Crippen LogP contribution in [0, 0.1) is 5.82 Å². The first-order valence-corrected chi connectivity index (χ1v) is 5.74. The van der Waals surface area contributed by atoms with Gasteiger partial charge in [0.05, 0.1) is 17.7 Å². The summed E-state index contributed by atoms with van der Waals surface area (Å²) >= 11 is 4.72. The van der Waals surface area contributed by atoms with Gasteiger partial charge >= 0.3 is 0 Å². The lowest BCUT2D eigenvalue weighted by atomic mass is 10.1. The fourth-order valence-electron chi connectivity index (χ4n) is 1.38. The van der Waals surface area contributed by atoms with Gasteiger partial charge in [-0.1, -0.05) is 12.2 Å². The number of amides is 1. The van der Waals surface area contributed by atoms with Crippen LogP contribution in [0.5, 0.6) is 5.75 Å². The molecule has 2 N–H and O–H groups in total. The third kappa shape index (κ3) is 3.66. The number of hydrogen-bond acceptors (Lipinski definition) is 3. The van der Waals surface area contributed by atoms with Gasteiger partial charge in [0.1, 0.15) is 11.6 Å². The zero-order valence-electron chi connectivity index (χ0n) is 10.3. The molecule has 0 radical (unpaired) electrons. The Morgan fingerprint density at radius 2 is 2.22 bits per heavy atom. The Morgan fingerprint density at radius 3 is 2.72 bits per heavy atom. The van der Waals surface area contributed by atoms with E-state index in [2.05, 4.69) is 0 Å². The molecule has 4 nitrogen and oxygen atoms in total. The highest BCUT2D eigenvalue weighted by molar-refractivity contribution is 7.80. The molecule has 0 atom stereocenters. The predicted octanol–water partition coefficient (Wildman–Crippen LogP) is 1.58. The Bertz CT molecular complexity index is 465. The Labute approximate surface area is 111 Å². The molecule has 0 aromatic heterocycles. The van der Waals surface area contributed by atoms with Crippen LogP contribution in [0.2, 0.25) is 0 Å². The van der Waals surface area contributed by atoms with Crippen LogP contribution in [0.1, 0.15) is 16.8 Å². The molecule has 6 heteroatoms. The molecule has 18 heavy (non-hydrogen) atoms. The van der Waals surface area contributed by atoms with Crippen LogP contribution in [-0.4, -0.2) is 36.5 Å². The van der Waals surface area contributed by atoms with Gasteiger partial charge in [0.2, 0.25) is 0 Å². The number of rotatable bonds is 5. The number of halogens is 1. The monoisotopic (exact) mass is 270 g/mol. The highest BCUT2D eigenvalue weighted by atomic mass is 32.1. The van der Waals surface area contributed by atoms with Gasteiger partial charge in [-0.3, -0.25) is 4.79 Å². The molecule has 1 rings (SSSR count). The van der Waals surface area contributed by atoms with E-state index in [-0.39, 0.29) is 5.56 Å². The maximum absolute atomic E-state index is 13.7. The molecule has 0 aliphatic rings. The standard InChI is InChI=1S/C12H15FN2O2S/c1-15(6-5-11(14)18)12(16)9-4-3-8(17-2)7-10(9)13/h3-4,7H,5-6H2,1-2H3,(H2,14,18). The van der Waals surface area contributed by atoms with Crippen molar-refractivity contribution in [2.45, 2.75) is 6.42 Å². The van der Waals surface area contributed by atoms with Crippen LogP contribution in [0.3, 0.4) is 0 Å². The van der Waals surface area contributed by atoms with Crippen molar-refractivity contribution >= 4 is 23.1 Å². The van der Waals surface area contributed by atoms with Gasteiger partial charge in [-0.05, 0) is 12.1 Å². The zero-order valence-corrected chi connectivity index (χ0v) is 11.1. The molecule has 0 fully saturated rings. The van der Waals surface area contributed by atoms with Crippen molar-refractivity contribution in [3.63, 3.8) is 0 Å². The third-order valence-electron chi connectivity index (χ3n) is 2.45. The van der Waals surface area contributed by atoms with Gasteiger partial charge in [-0.25, -0.2) is 4.39 Å². The van der Waals surface area contributed by atoms with Crippen LogP contribution in [0.15, 0.2) is 18.2 Å². The summed E-state index contributed by atoms with van der Waals surface area (Å²) in [6.45, 7) is 0.361. The minimum Gasteiger partial charge on any atom is -0.497 e. The van der Waals surface area contributed by atoms with E-state index < -0.39 is 11.7 Å². The Morgan fingerprint density at radius 1 is 1.56 bits per heavy atom. The third-order valence-corrected chi connectivity index (χ3v) is 2.65. The summed E-state index contributed by atoms with van der Waals surface area (Å²) in [5.74, 6) is -0.650. The lowest BCUT2D eigenvalue weighted by molar-refractivity contribution is 0.0794. The molecular formula is C12H15FN2O2S. The van der Waals surface area contributed by atoms with Gasteiger partial charge < -0.3 is 15.4 Å². The fraction of sp³-hybridized carbons (Fsp3) is 0.333. The molecular weight excluding hydrogens is 255 g/mol. The van der Waals surface area contributed by atoms with E-state index in [0.29, 0.717) is 23.7 Å². The summed E-state index contributed by atoms with van der Waals surface area (Å²) in [6, 6.07) is 4.11. The summed E-state index contributed by atoms with van der Waals surface area (Å²) in [4.78, 5) is 13.6. The van der Waals surface area contributed by atoms with E-state index in [4.69, 9.17) is 22.7 Å². The fourth-order valence-corrected chi connectivity index (χ4v) is 1.47. The van der Waals surface area contributed by atoms with Crippen LogP contribution in [0.4, 0.5) is 4.39 Å². The number of thiocarbonyl (C=S) groups is 1. The number of carbonyl (C=O) groups is 1. The van der Waals surface area contributed by atoms with E-state index in [1.54, 1.807) is 7.05 Å². The van der Waals surface area contributed by atoms with Crippen molar-refractivity contribution in [3.8, 4) is 5.75 Å². The maximum atomic E-state index is 13.7. The van der Waals surface area contributed by atoms with Crippen molar-refractivity contribution < 1.29 is 13.9 Å². The molecule has 0 aliphatic carbocycles. The smallest absolute Gasteiger partial charge is 0.256 e. The quantitative estimate of drug-likeness (QED) is 0.825. The number of nitrogens with zero attached hydrogens (tertiary/aromatic N) is 1. The van der Waals surface area contributed by atoms with Crippen molar-refractivity contribution in [1.29, 1.82) is 0 Å². The molecule has 0 unspecified atom stereocenters. The summed E-state index contributed by atoms with van der Waals surface area (Å²) < 4.78 is 18.5. The van der Waals surface area contributed by atoms with Crippen molar-refractivity contribution in [3.05, 3.63) is 29.6 Å². The van der Waals surface area contributed by atoms with E-state index in [1.165, 1.54) is 30.2 Å². The summed E-state index contributed by atoms with van der Waals surface area (Å²) in [6.07, 6.45) is 0.412. The first-order valence-electron chi connectivity index (χ1n) is 5.33. The topological polar surface area (TPSA) is 55.6 Å². The number of methoxy groups -OCH3 is 1. The highest BCUT2D eigenvalue weighted by Gasteiger charge is 2.16. The SMILES string of the molecule is COc1ccc(C(=O)N(C)CCC(N)=S)c(F)c1. The first-order chi connectivity index (χ1) is 8.45. The van der Waals surface area contributed by atoms with Crippen molar-refractivity contribution in [2.24, 2.45) is 5.73 Å². The Hall–Kier alpha value is -1.69. The molecule has 1 aromatic rings. The number of hydrogen-bond donors (Lipinski definition) is 1. The minimum absolute atomic E-state index is 0.00115. The Kier molecular flexibility index (Phi) is 5.03. The van der Waals surface area contributed by atoms with Crippen molar-refractivity contribution in [1.82, 2.24) is 4.90 Å². The number of nitrogens with two attached hydrogens (primary N) is 1. The lowest BCUT2D eigenvalue weighted by Crippen LogP contribution is -2.30. The predicted molar refractivity (Wildman–Crippen MR) is 71.3 cm³/mol. The summed E-state index contributed by atoms with van der Waals surface area (Å²) in [7, 11) is 3.01. The summed E-state index contributed by atoms with van der Waals surface area (Å²) in [5, 5.41) is 0.